The molecule has 0 atom stereocenters. The Hall–Kier alpha value is -1.12. The van der Waals surface area contributed by atoms with Crippen LogP contribution in [0.5, 0.6) is 0 Å². The van der Waals surface area contributed by atoms with Crippen molar-refractivity contribution < 1.29 is 16.0 Å². The summed E-state index contributed by atoms with van der Waals surface area (Å²) in [6.45, 7) is 0. The van der Waals surface area contributed by atoms with Gasteiger partial charge in [-0.3, -0.25) is 26.4 Å². The van der Waals surface area contributed by atoms with Gasteiger partial charge in [0.2, 0.25) is 0 Å². The zero-order chi connectivity index (χ0) is 16.5. The van der Waals surface area contributed by atoms with Gasteiger partial charge in [0.05, 0.1) is 9.85 Å². The molecule has 12 heteroatoms. The maximum absolute atomic E-state index is 10.5. The maximum Gasteiger partial charge on any atom is 0.285 e. The number of nitro benzene ring substituents is 2. The van der Waals surface area contributed by atoms with E-state index in [-0.39, 0.29) is 36.2 Å². The number of nitrogens with zero attached hydrogens (tertiary/aromatic N) is 2. The summed E-state index contributed by atoms with van der Waals surface area (Å²) in [4.78, 5) is 19.5. The molecular formula is C12H10Cl2I2N2O6. The quantitative estimate of drug-likeness (QED) is 0.276. The van der Waals surface area contributed by atoms with Crippen LogP contribution < -0.4 is 0 Å². The van der Waals surface area contributed by atoms with E-state index in [2.05, 4.69) is 0 Å². The van der Waals surface area contributed by atoms with Gasteiger partial charge >= 0.3 is 0 Å². The second-order valence-corrected chi connectivity index (χ2v) is 6.78. The summed E-state index contributed by atoms with van der Waals surface area (Å²) in [6.07, 6.45) is 0. The van der Waals surface area contributed by atoms with Crippen molar-refractivity contribution in [3.05, 3.63) is 75.9 Å². The molecule has 24 heavy (non-hydrogen) atoms. The zero-order valence-corrected chi connectivity index (χ0v) is 17.5. The topological polar surface area (TPSA) is 120 Å². The molecule has 0 saturated carbocycles. The number of rotatable bonds is 4. The van der Waals surface area contributed by atoms with Gasteiger partial charge in [-0.15, -0.1) is 24.8 Å². The predicted octanol–water partition coefficient (Wildman–Crippen LogP) is 5.00. The Kier molecular flexibility index (Phi) is 13.8. The van der Waals surface area contributed by atoms with E-state index in [4.69, 9.17) is 0 Å². The van der Waals surface area contributed by atoms with Gasteiger partial charge in [0.1, 0.15) is 7.14 Å². The maximum atomic E-state index is 10.5. The average molecular weight is 603 g/mol. The summed E-state index contributed by atoms with van der Waals surface area (Å²) >= 11 is -2.88. The third kappa shape index (κ3) is 7.63. The van der Waals surface area contributed by atoms with Crippen LogP contribution in [0.1, 0.15) is 0 Å². The number of halogens is 4. The molecule has 0 aromatic heterocycles. The fourth-order valence-corrected chi connectivity index (χ4v) is 3.24. The molecule has 132 valence electrons. The van der Waals surface area contributed by atoms with E-state index in [1.54, 1.807) is 24.3 Å². The molecule has 2 aromatic rings. The molecular weight excluding hydrogens is 593 g/mol. The van der Waals surface area contributed by atoms with Gasteiger partial charge in [0, 0.05) is 12.1 Å². The van der Waals surface area contributed by atoms with Crippen LogP contribution in [-0.4, -0.2) is 9.85 Å². The molecule has 0 spiro atoms. The Morgan fingerprint density at radius 1 is 0.667 bits per heavy atom. The highest BCUT2D eigenvalue weighted by molar-refractivity contribution is 14.2. The summed E-state index contributed by atoms with van der Waals surface area (Å²) in [5.41, 5.74) is -0.0920. The normalized spacial score (nSPS) is 8.67. The molecule has 2 rings (SSSR count). The van der Waals surface area contributed by atoms with Crippen LogP contribution in [0.25, 0.3) is 0 Å². The first kappa shape index (κ1) is 25.1. The number of benzene rings is 2. The number of nitro groups is 2. The van der Waals surface area contributed by atoms with Crippen LogP contribution in [0.2, 0.25) is 0 Å². The van der Waals surface area contributed by atoms with Crippen LogP contribution in [0.15, 0.2) is 48.5 Å². The second-order valence-electron chi connectivity index (χ2n) is 3.57. The van der Waals surface area contributed by atoms with E-state index in [0.29, 0.717) is 7.14 Å². The monoisotopic (exact) mass is 602 g/mol. The number of para-hydroxylation sites is 2. The molecule has 0 aliphatic rings. The second kappa shape index (κ2) is 13.2. The highest BCUT2D eigenvalue weighted by Crippen LogP contribution is 2.22. The van der Waals surface area contributed by atoms with Gasteiger partial charge in [0.25, 0.3) is 11.4 Å². The van der Waals surface area contributed by atoms with Crippen molar-refractivity contribution in [1.29, 1.82) is 0 Å². The largest absolute Gasteiger partial charge is 0.285 e. The zero-order valence-electron chi connectivity index (χ0n) is 11.5. The molecule has 8 nitrogen and oxygen atoms in total. The minimum Gasteiger partial charge on any atom is -0.265 e. The van der Waals surface area contributed by atoms with E-state index < -0.39 is 52.2 Å². The molecule has 0 N–H and O–H groups in total. The van der Waals surface area contributed by atoms with E-state index in [1.807, 2.05) is 0 Å². The Morgan fingerprint density at radius 3 is 1.17 bits per heavy atom. The fourth-order valence-electron chi connectivity index (χ4n) is 1.33. The molecule has 0 fully saturated rings. The van der Waals surface area contributed by atoms with Crippen LogP contribution in [0.4, 0.5) is 11.4 Å². The molecule has 0 aliphatic heterocycles. The van der Waals surface area contributed by atoms with Crippen LogP contribution in [0.3, 0.4) is 0 Å². The SMILES string of the molecule is Cl.Cl.O=Ic1ccccc1[N+](=O)[O-].O=Ic1ccccc1[N+](=O)[O-]. The minimum atomic E-state index is -1.44. The number of hydrogen-bond donors (Lipinski definition) is 0. The third-order valence-electron chi connectivity index (χ3n) is 2.26. The van der Waals surface area contributed by atoms with E-state index in [1.165, 1.54) is 24.3 Å². The average Bonchev–Trinajstić information content (AvgIpc) is 2.55. The summed E-state index contributed by atoms with van der Waals surface area (Å²) in [5, 5.41) is 20.5. The van der Waals surface area contributed by atoms with E-state index >= 15 is 0 Å². The van der Waals surface area contributed by atoms with Crippen LogP contribution >= 0.6 is 67.2 Å². The first-order chi connectivity index (χ1) is 10.5. The van der Waals surface area contributed by atoms with Crippen molar-refractivity contribution in [3.8, 4) is 0 Å². The molecule has 0 amide bonds. The Bertz CT molecular complexity index is 671. The lowest BCUT2D eigenvalue weighted by Crippen LogP contribution is -1.89. The summed E-state index contributed by atoms with van der Waals surface area (Å²) < 4.78 is 21.6. The fraction of sp³-hybridized carbons (Fsp3) is 0. The van der Waals surface area contributed by atoms with E-state index in [0.717, 1.165) is 0 Å². The Labute approximate surface area is 169 Å². The van der Waals surface area contributed by atoms with Crippen molar-refractivity contribution in [3.63, 3.8) is 0 Å². The summed E-state index contributed by atoms with van der Waals surface area (Å²) in [7, 11) is 0. The highest BCUT2D eigenvalue weighted by Gasteiger charge is 2.11. The van der Waals surface area contributed by atoms with Crippen molar-refractivity contribution in [1.82, 2.24) is 0 Å². The van der Waals surface area contributed by atoms with Gasteiger partial charge < -0.3 is 0 Å². The lowest BCUT2D eigenvalue weighted by atomic mass is 10.3. The summed E-state index contributed by atoms with van der Waals surface area (Å²) in [6, 6.07) is 12.1. The standard InChI is InChI=1S/2C6H4INO3.2ClH/c2*9-7-5-3-1-2-4-6(5)8(10)11;;/h2*1-4H;2*1H. The smallest absolute Gasteiger partial charge is 0.265 e. The van der Waals surface area contributed by atoms with Crippen molar-refractivity contribution in [2.45, 2.75) is 0 Å². The molecule has 0 bridgehead atoms. The van der Waals surface area contributed by atoms with E-state index in [9.17, 15) is 26.4 Å². The van der Waals surface area contributed by atoms with Gasteiger partial charge in [-0.2, -0.15) is 0 Å². The van der Waals surface area contributed by atoms with Crippen LogP contribution in [0, 0.1) is 27.4 Å². The molecule has 0 aliphatic carbocycles. The molecule has 0 heterocycles. The first-order valence-corrected chi connectivity index (χ1v) is 9.44. The molecule has 0 saturated heterocycles. The van der Waals surface area contributed by atoms with Gasteiger partial charge in [-0.1, -0.05) is 24.3 Å². The Balaban J connectivity index is 0. The molecule has 2 aromatic carbocycles. The van der Waals surface area contributed by atoms with Crippen LogP contribution in [-0.2, 0) is 6.14 Å². The molecule has 0 unspecified atom stereocenters. The van der Waals surface area contributed by atoms with Crippen molar-refractivity contribution >= 4 is 78.6 Å². The Morgan fingerprint density at radius 2 is 0.958 bits per heavy atom. The summed E-state index contributed by atoms with van der Waals surface area (Å²) in [5.74, 6) is 0. The first-order valence-electron chi connectivity index (χ1n) is 5.52. The highest BCUT2D eigenvalue weighted by atomic mass is 127. The van der Waals surface area contributed by atoms with Crippen molar-refractivity contribution in [2.75, 3.05) is 0 Å². The lowest BCUT2D eigenvalue weighted by Gasteiger charge is -1.90. The van der Waals surface area contributed by atoms with Gasteiger partial charge in [-0.25, -0.2) is 0 Å². The lowest BCUT2D eigenvalue weighted by molar-refractivity contribution is -0.386. The van der Waals surface area contributed by atoms with Gasteiger partial charge in [-0.05, 0) is 12.1 Å². The number of hydrogen-bond acceptors (Lipinski definition) is 6. The third-order valence-corrected chi connectivity index (χ3v) is 5.04. The predicted molar refractivity (Wildman–Crippen MR) is 107 cm³/mol. The van der Waals surface area contributed by atoms with Gasteiger partial charge in [0.15, 0.2) is 42.4 Å². The minimum absolute atomic E-state index is 0. The molecule has 0 radical (unpaired) electrons. The van der Waals surface area contributed by atoms with Crippen molar-refractivity contribution in [2.24, 2.45) is 0 Å².